The highest BCUT2D eigenvalue weighted by atomic mass is 32.2. The van der Waals surface area contributed by atoms with Crippen molar-refractivity contribution in [1.29, 1.82) is 0 Å². The van der Waals surface area contributed by atoms with Gasteiger partial charge in [-0.2, -0.15) is 0 Å². The van der Waals surface area contributed by atoms with E-state index in [9.17, 15) is 16.8 Å². The summed E-state index contributed by atoms with van der Waals surface area (Å²) in [6.07, 6.45) is 0.175. The van der Waals surface area contributed by atoms with Gasteiger partial charge in [0.05, 0.1) is 23.3 Å². The van der Waals surface area contributed by atoms with Gasteiger partial charge in [-0.1, -0.05) is 0 Å². The average molecular weight is 310 g/mol. The van der Waals surface area contributed by atoms with Gasteiger partial charge in [-0.15, -0.1) is 11.3 Å². The Kier molecular flexibility index (Phi) is 3.77. The third kappa shape index (κ3) is 3.28. The van der Waals surface area contributed by atoms with Crippen LogP contribution in [0, 0.1) is 6.92 Å². The average Bonchev–Trinajstić information content (AvgIpc) is 2.82. The smallest absolute Gasteiger partial charge is 0.215 e. The van der Waals surface area contributed by atoms with Crippen molar-refractivity contribution in [3.63, 3.8) is 0 Å². The minimum atomic E-state index is -3.58. The number of sulfonamides is 1. The van der Waals surface area contributed by atoms with Crippen LogP contribution >= 0.6 is 11.3 Å². The molecule has 9 heteroatoms. The summed E-state index contributed by atoms with van der Waals surface area (Å²) in [6, 6.07) is 0. The third-order valence-corrected chi connectivity index (χ3v) is 7.49. The molecule has 0 aliphatic carbocycles. The fourth-order valence-corrected chi connectivity index (χ4v) is 6.61. The summed E-state index contributed by atoms with van der Waals surface area (Å²) in [6.45, 7) is 1.95. The second-order valence-corrected chi connectivity index (χ2v) is 9.49. The standard InChI is InChI=1S/C9H14N2O4S3/c1-7-5-16-9(11-7)4-10-18(14,15)8-2-3-17(12,13)6-8/h5,8,10H,2-4,6H2,1H3. The first-order valence-electron chi connectivity index (χ1n) is 5.38. The third-order valence-electron chi connectivity index (χ3n) is 2.72. The lowest BCUT2D eigenvalue weighted by atomic mass is 10.4. The number of rotatable bonds is 4. The van der Waals surface area contributed by atoms with E-state index in [1.54, 1.807) is 0 Å². The zero-order chi connectivity index (χ0) is 13.4. The quantitative estimate of drug-likeness (QED) is 0.848. The number of aromatic nitrogens is 1. The van der Waals surface area contributed by atoms with Crippen molar-refractivity contribution < 1.29 is 16.8 Å². The molecule has 18 heavy (non-hydrogen) atoms. The van der Waals surface area contributed by atoms with Crippen LogP contribution in [0.5, 0.6) is 0 Å². The molecule has 6 nitrogen and oxygen atoms in total. The molecule has 0 bridgehead atoms. The predicted molar refractivity (Wildman–Crippen MR) is 69.7 cm³/mol. The fourth-order valence-electron chi connectivity index (χ4n) is 1.77. The highest BCUT2D eigenvalue weighted by Gasteiger charge is 2.36. The fraction of sp³-hybridized carbons (Fsp3) is 0.667. The summed E-state index contributed by atoms with van der Waals surface area (Å²) in [5, 5.41) is 1.68. The van der Waals surface area contributed by atoms with E-state index in [2.05, 4.69) is 9.71 Å². The molecule has 2 heterocycles. The van der Waals surface area contributed by atoms with E-state index in [0.29, 0.717) is 5.01 Å². The summed E-state index contributed by atoms with van der Waals surface area (Å²) < 4.78 is 48.8. The molecule has 102 valence electrons. The molecule has 1 aromatic rings. The normalized spacial score (nSPS) is 23.3. The first kappa shape index (κ1) is 13.9. The topological polar surface area (TPSA) is 93.2 Å². The Labute approximate surface area is 110 Å². The Morgan fingerprint density at radius 1 is 1.56 bits per heavy atom. The maximum Gasteiger partial charge on any atom is 0.215 e. The van der Waals surface area contributed by atoms with E-state index in [1.807, 2.05) is 12.3 Å². The Balaban J connectivity index is 2.00. The van der Waals surface area contributed by atoms with E-state index in [-0.39, 0.29) is 24.5 Å². The van der Waals surface area contributed by atoms with Crippen LogP contribution in [0.1, 0.15) is 17.1 Å². The number of nitrogens with one attached hydrogen (secondary N) is 1. The molecule has 0 amide bonds. The Morgan fingerprint density at radius 2 is 2.28 bits per heavy atom. The SMILES string of the molecule is Cc1csc(CNS(=O)(=O)C2CCS(=O)(=O)C2)n1. The zero-order valence-electron chi connectivity index (χ0n) is 9.79. The maximum atomic E-state index is 11.9. The van der Waals surface area contributed by atoms with Crippen molar-refractivity contribution in [1.82, 2.24) is 9.71 Å². The lowest BCUT2D eigenvalue weighted by Gasteiger charge is -2.10. The van der Waals surface area contributed by atoms with Crippen LogP contribution < -0.4 is 4.72 Å². The van der Waals surface area contributed by atoms with E-state index in [0.717, 1.165) is 5.69 Å². The van der Waals surface area contributed by atoms with Gasteiger partial charge >= 0.3 is 0 Å². The van der Waals surface area contributed by atoms with Crippen molar-refractivity contribution in [2.24, 2.45) is 0 Å². The largest absolute Gasteiger partial charge is 0.245 e. The van der Waals surface area contributed by atoms with Crippen molar-refractivity contribution in [2.75, 3.05) is 11.5 Å². The molecule has 1 aromatic heterocycles. The van der Waals surface area contributed by atoms with Gasteiger partial charge in [0.2, 0.25) is 10.0 Å². The van der Waals surface area contributed by atoms with Crippen molar-refractivity contribution in [2.45, 2.75) is 25.1 Å². The van der Waals surface area contributed by atoms with Crippen molar-refractivity contribution in [3.8, 4) is 0 Å². The number of nitrogens with zero attached hydrogens (tertiary/aromatic N) is 1. The van der Waals surface area contributed by atoms with Crippen LogP contribution in [-0.2, 0) is 26.4 Å². The van der Waals surface area contributed by atoms with Crippen LogP contribution in [0.15, 0.2) is 5.38 Å². The highest BCUT2D eigenvalue weighted by molar-refractivity contribution is 7.95. The lowest BCUT2D eigenvalue weighted by molar-refractivity contribution is 0.567. The van der Waals surface area contributed by atoms with Crippen molar-refractivity contribution >= 4 is 31.2 Å². The van der Waals surface area contributed by atoms with Gasteiger partial charge in [0.1, 0.15) is 5.01 Å². The van der Waals surface area contributed by atoms with Gasteiger partial charge in [-0.3, -0.25) is 0 Å². The van der Waals surface area contributed by atoms with E-state index in [4.69, 9.17) is 0 Å². The number of thiazole rings is 1. The molecule has 1 aliphatic rings. The number of hydrogen-bond donors (Lipinski definition) is 1. The van der Waals surface area contributed by atoms with Gasteiger partial charge in [0.25, 0.3) is 0 Å². The van der Waals surface area contributed by atoms with Crippen LogP contribution in [0.2, 0.25) is 0 Å². The molecule has 1 fully saturated rings. The second-order valence-electron chi connectivity index (χ2n) is 4.27. The summed E-state index contributed by atoms with van der Waals surface area (Å²) in [4.78, 5) is 4.14. The molecule has 2 rings (SSSR count). The second kappa shape index (κ2) is 4.87. The molecular weight excluding hydrogens is 296 g/mol. The molecule has 1 aliphatic heterocycles. The summed E-state index contributed by atoms with van der Waals surface area (Å²) in [5.41, 5.74) is 0.845. The molecule has 1 N–H and O–H groups in total. The van der Waals surface area contributed by atoms with E-state index < -0.39 is 25.1 Å². The van der Waals surface area contributed by atoms with Crippen LogP contribution in [0.4, 0.5) is 0 Å². The molecule has 1 unspecified atom stereocenters. The Bertz CT molecular complexity index is 633. The molecule has 0 radical (unpaired) electrons. The predicted octanol–water partition coefficient (Wildman–Crippen LogP) is 0.0580. The molecule has 0 aromatic carbocycles. The maximum absolute atomic E-state index is 11.9. The first-order chi connectivity index (χ1) is 8.28. The summed E-state index contributed by atoms with van der Waals surface area (Å²) >= 11 is 1.38. The molecule has 1 atom stereocenters. The van der Waals surface area contributed by atoms with Crippen LogP contribution in [-0.4, -0.2) is 38.6 Å². The molecule has 1 saturated heterocycles. The lowest BCUT2D eigenvalue weighted by Crippen LogP contribution is -2.34. The van der Waals surface area contributed by atoms with Gasteiger partial charge in [-0.05, 0) is 13.3 Å². The minimum Gasteiger partial charge on any atom is -0.245 e. The van der Waals surface area contributed by atoms with Crippen LogP contribution in [0.25, 0.3) is 0 Å². The van der Waals surface area contributed by atoms with Crippen molar-refractivity contribution in [3.05, 3.63) is 16.1 Å². The summed E-state index contributed by atoms with van der Waals surface area (Å²) in [7, 11) is -6.77. The molecular formula is C9H14N2O4S3. The first-order valence-corrected chi connectivity index (χ1v) is 9.63. The number of aryl methyl sites for hydroxylation is 1. The van der Waals surface area contributed by atoms with Crippen LogP contribution in [0.3, 0.4) is 0 Å². The van der Waals surface area contributed by atoms with Gasteiger partial charge in [-0.25, -0.2) is 26.5 Å². The number of sulfone groups is 1. The highest BCUT2D eigenvalue weighted by Crippen LogP contribution is 2.18. The van der Waals surface area contributed by atoms with E-state index >= 15 is 0 Å². The minimum absolute atomic E-state index is 0.0467. The monoisotopic (exact) mass is 310 g/mol. The molecule has 0 saturated carbocycles. The Morgan fingerprint density at radius 3 is 2.78 bits per heavy atom. The summed E-state index contributed by atoms with van der Waals surface area (Å²) in [5.74, 6) is -0.325. The van der Waals surface area contributed by atoms with Gasteiger partial charge < -0.3 is 0 Å². The van der Waals surface area contributed by atoms with E-state index in [1.165, 1.54) is 11.3 Å². The van der Waals surface area contributed by atoms with Gasteiger partial charge in [0.15, 0.2) is 9.84 Å². The zero-order valence-corrected chi connectivity index (χ0v) is 12.2. The van der Waals surface area contributed by atoms with Gasteiger partial charge in [0, 0.05) is 11.1 Å². The number of hydrogen-bond acceptors (Lipinski definition) is 6. The molecule has 0 spiro atoms. The Hall–Kier alpha value is -0.510.